The Labute approximate surface area is 223 Å². The maximum Gasteiger partial charge on any atom is 0.269 e. The minimum absolute atomic E-state index is 0.0676. The minimum Gasteiger partial charge on any atom is -0.258 e. The van der Waals surface area contributed by atoms with Crippen molar-refractivity contribution in [2.24, 2.45) is 34.5 Å². The molecule has 198 valence electrons. The lowest BCUT2D eigenvalue weighted by molar-refractivity contribution is -0.385. The number of non-ortho nitro benzene ring substituents is 2. The van der Waals surface area contributed by atoms with Crippen LogP contribution in [-0.4, -0.2) is 9.85 Å². The Morgan fingerprint density at radius 2 is 0.947 bits per heavy atom. The van der Waals surface area contributed by atoms with Crippen molar-refractivity contribution >= 4 is 11.4 Å². The summed E-state index contributed by atoms with van der Waals surface area (Å²) in [4.78, 5) is 22.9. The smallest absolute Gasteiger partial charge is 0.258 e. The number of nitro groups is 2. The quantitative estimate of drug-likeness (QED) is 0.301. The van der Waals surface area contributed by atoms with Crippen LogP contribution >= 0.6 is 0 Å². The summed E-state index contributed by atoms with van der Waals surface area (Å²) in [6.45, 7) is 0. The minimum atomic E-state index is -0.234. The fraction of sp³-hybridized carbons (Fsp3) is 0.625. The predicted octanol–water partition coefficient (Wildman–Crippen LogP) is 7.88. The lowest BCUT2D eigenvalue weighted by Gasteiger charge is -2.74. The van der Waals surface area contributed by atoms with Gasteiger partial charge in [0, 0.05) is 24.3 Å². The molecule has 0 amide bonds. The first-order chi connectivity index (χ1) is 18.2. The highest BCUT2D eigenvalue weighted by Gasteiger charge is 2.70. The van der Waals surface area contributed by atoms with Crippen LogP contribution in [0.5, 0.6) is 0 Å². The van der Waals surface area contributed by atoms with Gasteiger partial charge in [-0.05, 0) is 134 Å². The summed E-state index contributed by atoms with van der Waals surface area (Å²) in [6.07, 6.45) is 15.1. The van der Waals surface area contributed by atoms with E-state index in [0.717, 1.165) is 23.7 Å². The Morgan fingerprint density at radius 1 is 0.579 bits per heavy atom. The first kappa shape index (κ1) is 23.2. The van der Waals surface area contributed by atoms with Crippen LogP contribution in [0.4, 0.5) is 11.4 Å². The van der Waals surface area contributed by atoms with Crippen molar-refractivity contribution in [1.29, 1.82) is 0 Å². The standard InChI is InChI=1S/C32H36N2O4/c35-33(36)27-5-1-3-25(9-27)29-11-21-7-22(12-29)16-31(15-21,19-29)32-17-23-8-24(18-32)14-30(13-23,20-32)26-4-2-6-28(10-26)34(37)38/h1-6,9-10,21-24H,7-8,11-20H2. The third kappa shape index (κ3) is 3.06. The molecule has 8 bridgehead atoms. The molecule has 0 spiro atoms. The molecule has 6 nitrogen and oxygen atoms in total. The van der Waals surface area contributed by atoms with Gasteiger partial charge in [0.05, 0.1) is 9.85 Å². The van der Waals surface area contributed by atoms with Gasteiger partial charge >= 0.3 is 0 Å². The van der Waals surface area contributed by atoms with Gasteiger partial charge in [-0.1, -0.05) is 24.3 Å². The molecule has 6 heteroatoms. The summed E-state index contributed by atoms with van der Waals surface area (Å²) in [6, 6.07) is 15.2. The molecular formula is C32H36N2O4. The average molecular weight is 513 g/mol. The average Bonchev–Trinajstić information content (AvgIpc) is 2.87. The molecule has 4 atom stereocenters. The van der Waals surface area contributed by atoms with E-state index in [-0.39, 0.29) is 32.1 Å². The highest BCUT2D eigenvalue weighted by molar-refractivity contribution is 5.43. The van der Waals surface area contributed by atoms with Crippen molar-refractivity contribution in [2.45, 2.75) is 87.9 Å². The molecule has 38 heavy (non-hydrogen) atoms. The van der Waals surface area contributed by atoms with Gasteiger partial charge in [-0.15, -0.1) is 0 Å². The lowest BCUT2D eigenvalue weighted by Crippen LogP contribution is -2.66. The van der Waals surface area contributed by atoms with E-state index in [1.807, 2.05) is 24.3 Å². The third-order valence-corrected chi connectivity index (χ3v) is 12.6. The first-order valence-corrected chi connectivity index (χ1v) is 14.7. The zero-order valence-electron chi connectivity index (χ0n) is 21.9. The first-order valence-electron chi connectivity index (χ1n) is 14.7. The van der Waals surface area contributed by atoms with Crippen LogP contribution in [0.3, 0.4) is 0 Å². The molecule has 0 saturated heterocycles. The summed E-state index contributed by atoms with van der Waals surface area (Å²) in [5.41, 5.74) is 3.61. The molecule has 2 aromatic carbocycles. The molecule has 0 radical (unpaired) electrons. The SMILES string of the molecule is O=[N+]([O-])c1cccc(C23CC4CC(C2)CC(C25CC6CC(CC(c7cccc([N+](=O)[O-])c7)(C6)C2)C5)(C4)C3)c1. The number of hydrogen-bond donors (Lipinski definition) is 0. The van der Waals surface area contributed by atoms with Gasteiger partial charge in [0.2, 0.25) is 0 Å². The van der Waals surface area contributed by atoms with Crippen molar-refractivity contribution in [1.82, 2.24) is 0 Å². The van der Waals surface area contributed by atoms with Crippen LogP contribution in [0, 0.1) is 54.7 Å². The second-order valence-electron chi connectivity index (χ2n) is 14.7. The highest BCUT2D eigenvalue weighted by atomic mass is 16.6. The zero-order valence-corrected chi connectivity index (χ0v) is 21.9. The fourth-order valence-electron chi connectivity index (χ4n) is 12.3. The molecule has 4 unspecified atom stereocenters. The van der Waals surface area contributed by atoms with Gasteiger partial charge in [0.15, 0.2) is 0 Å². The third-order valence-electron chi connectivity index (χ3n) is 12.6. The zero-order chi connectivity index (χ0) is 25.9. The molecular weight excluding hydrogens is 476 g/mol. The van der Waals surface area contributed by atoms with Gasteiger partial charge in [-0.3, -0.25) is 20.2 Å². The van der Waals surface area contributed by atoms with Crippen molar-refractivity contribution in [2.75, 3.05) is 0 Å². The van der Waals surface area contributed by atoms with Crippen LogP contribution in [-0.2, 0) is 10.8 Å². The largest absolute Gasteiger partial charge is 0.269 e. The van der Waals surface area contributed by atoms with E-state index in [9.17, 15) is 20.2 Å². The second kappa shape index (κ2) is 7.45. The highest BCUT2D eigenvalue weighted by Crippen LogP contribution is 2.78. The van der Waals surface area contributed by atoms with Crippen LogP contribution < -0.4 is 0 Å². The van der Waals surface area contributed by atoms with E-state index in [2.05, 4.69) is 12.1 Å². The maximum atomic E-state index is 11.7. The van der Waals surface area contributed by atoms with E-state index < -0.39 is 0 Å². The molecule has 8 aliphatic rings. The number of nitro benzene ring substituents is 2. The molecule has 10 rings (SSSR count). The van der Waals surface area contributed by atoms with E-state index in [4.69, 9.17) is 0 Å². The van der Waals surface area contributed by atoms with Gasteiger partial charge in [0.25, 0.3) is 11.4 Å². The van der Waals surface area contributed by atoms with Gasteiger partial charge < -0.3 is 0 Å². The van der Waals surface area contributed by atoms with Gasteiger partial charge in [-0.25, -0.2) is 0 Å². The van der Waals surface area contributed by atoms with Crippen LogP contribution in [0.15, 0.2) is 48.5 Å². The van der Waals surface area contributed by atoms with Crippen LogP contribution in [0.25, 0.3) is 0 Å². The molecule has 2 aromatic rings. The topological polar surface area (TPSA) is 86.3 Å². The van der Waals surface area contributed by atoms with E-state index in [0.29, 0.717) is 10.8 Å². The summed E-state index contributed by atoms with van der Waals surface area (Å²) >= 11 is 0. The van der Waals surface area contributed by atoms with Crippen molar-refractivity contribution < 1.29 is 9.85 Å². The van der Waals surface area contributed by atoms with Gasteiger partial charge in [-0.2, -0.15) is 0 Å². The molecule has 0 N–H and O–H groups in total. The Balaban J connectivity index is 1.22. The lowest BCUT2D eigenvalue weighted by atomic mass is 9.30. The van der Waals surface area contributed by atoms with E-state index in [1.54, 1.807) is 12.1 Å². The summed E-state index contributed by atoms with van der Waals surface area (Å²) in [5, 5.41) is 23.3. The summed E-state index contributed by atoms with van der Waals surface area (Å²) in [5.74, 6) is 2.88. The number of nitrogens with zero attached hydrogens (tertiary/aromatic N) is 2. The number of rotatable bonds is 5. The Hall–Kier alpha value is -2.76. The normalized spacial score (nSPS) is 43.9. The summed E-state index contributed by atoms with van der Waals surface area (Å²) in [7, 11) is 0. The molecule has 0 heterocycles. The maximum absolute atomic E-state index is 11.7. The predicted molar refractivity (Wildman–Crippen MR) is 144 cm³/mol. The van der Waals surface area contributed by atoms with Crippen molar-refractivity contribution in [3.8, 4) is 0 Å². The van der Waals surface area contributed by atoms with Crippen LogP contribution in [0.2, 0.25) is 0 Å². The Morgan fingerprint density at radius 3 is 1.29 bits per heavy atom. The van der Waals surface area contributed by atoms with Crippen molar-refractivity contribution in [3.05, 3.63) is 79.9 Å². The second-order valence-corrected chi connectivity index (χ2v) is 14.7. The molecule has 0 aliphatic heterocycles. The molecule has 8 aliphatic carbocycles. The van der Waals surface area contributed by atoms with E-state index in [1.165, 1.54) is 88.2 Å². The number of benzene rings is 2. The number of hydrogen-bond acceptors (Lipinski definition) is 4. The van der Waals surface area contributed by atoms with E-state index >= 15 is 0 Å². The van der Waals surface area contributed by atoms with Crippen molar-refractivity contribution in [3.63, 3.8) is 0 Å². The summed E-state index contributed by atoms with van der Waals surface area (Å²) < 4.78 is 0. The van der Waals surface area contributed by atoms with Crippen LogP contribution in [0.1, 0.15) is 88.2 Å². The molecule has 8 fully saturated rings. The molecule has 8 saturated carbocycles. The Kier molecular flexibility index (Phi) is 4.54. The fourth-order valence-corrected chi connectivity index (χ4v) is 12.3. The monoisotopic (exact) mass is 512 g/mol. The Bertz CT molecular complexity index is 1240. The molecule has 0 aromatic heterocycles. The van der Waals surface area contributed by atoms with Gasteiger partial charge in [0.1, 0.15) is 0 Å².